The van der Waals surface area contributed by atoms with Crippen molar-refractivity contribution in [2.45, 2.75) is 32.6 Å². The maximum absolute atomic E-state index is 12.3. The van der Waals surface area contributed by atoms with Gasteiger partial charge in [-0.25, -0.2) is 5.43 Å². The van der Waals surface area contributed by atoms with E-state index in [1.165, 1.54) is 26.2 Å². The number of hydrogen-bond donors (Lipinski definition) is 2. The van der Waals surface area contributed by atoms with Crippen molar-refractivity contribution >= 4 is 23.7 Å². The Kier molecular flexibility index (Phi) is 4.23. The number of phenols is 1. The van der Waals surface area contributed by atoms with Crippen LogP contribution in [0.25, 0.3) is 0 Å². The van der Waals surface area contributed by atoms with Crippen LogP contribution in [0.2, 0.25) is 5.02 Å². The third-order valence-corrected chi connectivity index (χ3v) is 5.56. The SMILES string of the molecule is COc1cc(/C=N\NC(=O)[C@@H]2[C@H]3CCCC[C@@]32C)cc(Cl)c1O. The van der Waals surface area contributed by atoms with Gasteiger partial charge in [0.05, 0.1) is 18.3 Å². The second-order valence-electron chi connectivity index (χ2n) is 6.62. The second kappa shape index (κ2) is 6.04. The van der Waals surface area contributed by atoms with Crippen molar-refractivity contribution < 1.29 is 14.6 Å². The zero-order valence-electron chi connectivity index (χ0n) is 13.3. The summed E-state index contributed by atoms with van der Waals surface area (Å²) < 4.78 is 5.04. The molecule has 6 heteroatoms. The largest absolute Gasteiger partial charge is 0.503 e. The standard InChI is InChI=1S/C17H21ClN2O3/c1-17-6-4-3-5-11(17)14(17)16(22)20-19-9-10-7-12(18)15(21)13(8-10)23-2/h7-9,11,14,21H,3-6H2,1-2H3,(H,20,22)/b19-9-/t11-,14+,17+/m1/s1. The van der Waals surface area contributed by atoms with E-state index in [-0.39, 0.29) is 33.8 Å². The van der Waals surface area contributed by atoms with Crippen LogP contribution in [-0.4, -0.2) is 24.3 Å². The molecule has 5 nitrogen and oxygen atoms in total. The fraction of sp³-hybridized carbons (Fsp3) is 0.529. The van der Waals surface area contributed by atoms with E-state index >= 15 is 0 Å². The van der Waals surface area contributed by atoms with Crippen molar-refractivity contribution in [1.29, 1.82) is 0 Å². The Hall–Kier alpha value is -1.75. The first-order valence-electron chi connectivity index (χ1n) is 7.87. The molecule has 0 saturated heterocycles. The number of nitrogens with one attached hydrogen (secondary N) is 1. The molecule has 1 aromatic carbocycles. The average molecular weight is 337 g/mol. The number of amides is 1. The molecule has 0 unspecified atom stereocenters. The zero-order chi connectivity index (χ0) is 16.6. The van der Waals surface area contributed by atoms with Crippen LogP contribution < -0.4 is 10.2 Å². The molecular weight excluding hydrogens is 316 g/mol. The molecule has 0 bridgehead atoms. The van der Waals surface area contributed by atoms with Crippen molar-refractivity contribution in [3.05, 3.63) is 22.7 Å². The highest BCUT2D eigenvalue weighted by atomic mass is 35.5. The van der Waals surface area contributed by atoms with Crippen LogP contribution in [0.3, 0.4) is 0 Å². The molecule has 23 heavy (non-hydrogen) atoms. The highest BCUT2D eigenvalue weighted by Gasteiger charge is 2.64. The predicted molar refractivity (Wildman–Crippen MR) is 89.0 cm³/mol. The van der Waals surface area contributed by atoms with E-state index in [0.717, 1.165) is 12.8 Å². The van der Waals surface area contributed by atoms with Gasteiger partial charge in [0, 0.05) is 5.92 Å². The third kappa shape index (κ3) is 2.90. The predicted octanol–water partition coefficient (Wildman–Crippen LogP) is 3.33. The molecule has 124 valence electrons. The van der Waals surface area contributed by atoms with Crippen LogP contribution >= 0.6 is 11.6 Å². The van der Waals surface area contributed by atoms with Gasteiger partial charge in [0.2, 0.25) is 5.91 Å². The summed E-state index contributed by atoms with van der Waals surface area (Å²) in [6.07, 6.45) is 6.21. The van der Waals surface area contributed by atoms with Gasteiger partial charge in [-0.15, -0.1) is 0 Å². The molecular formula is C17H21ClN2O3. The lowest BCUT2D eigenvalue weighted by Gasteiger charge is -2.15. The van der Waals surface area contributed by atoms with E-state index in [0.29, 0.717) is 11.5 Å². The normalized spacial score (nSPS) is 29.2. The maximum Gasteiger partial charge on any atom is 0.244 e. The first-order valence-corrected chi connectivity index (χ1v) is 8.24. The number of hydrogen-bond acceptors (Lipinski definition) is 4. The number of carbonyl (C=O) groups excluding carboxylic acids is 1. The van der Waals surface area contributed by atoms with Gasteiger partial charge < -0.3 is 9.84 Å². The second-order valence-corrected chi connectivity index (χ2v) is 7.03. The summed E-state index contributed by atoms with van der Waals surface area (Å²) in [5, 5.41) is 13.9. The molecule has 2 saturated carbocycles. The number of nitrogens with zero attached hydrogens (tertiary/aromatic N) is 1. The van der Waals surface area contributed by atoms with E-state index in [1.807, 2.05) is 0 Å². The lowest BCUT2D eigenvalue weighted by Crippen LogP contribution is -2.22. The van der Waals surface area contributed by atoms with Gasteiger partial charge in [-0.05, 0) is 41.9 Å². The highest BCUT2D eigenvalue weighted by molar-refractivity contribution is 6.32. The van der Waals surface area contributed by atoms with Crippen LogP contribution in [0.1, 0.15) is 38.2 Å². The Bertz CT molecular complexity index is 661. The van der Waals surface area contributed by atoms with Gasteiger partial charge in [-0.2, -0.15) is 5.10 Å². The third-order valence-electron chi connectivity index (χ3n) is 5.27. The molecule has 1 amide bonds. The minimum Gasteiger partial charge on any atom is -0.503 e. The number of benzene rings is 1. The molecule has 0 aromatic heterocycles. The van der Waals surface area contributed by atoms with Gasteiger partial charge in [0.25, 0.3) is 0 Å². The molecule has 0 aliphatic heterocycles. The minimum absolute atomic E-state index is 0.00695. The number of carbonyl (C=O) groups is 1. The van der Waals surface area contributed by atoms with E-state index in [1.54, 1.807) is 12.1 Å². The summed E-state index contributed by atoms with van der Waals surface area (Å²) in [6.45, 7) is 2.20. The van der Waals surface area contributed by atoms with Gasteiger partial charge in [0.1, 0.15) is 0 Å². The van der Waals surface area contributed by atoms with Crippen molar-refractivity contribution in [3.63, 3.8) is 0 Å². The van der Waals surface area contributed by atoms with E-state index in [9.17, 15) is 9.90 Å². The Labute approximate surface area is 140 Å². The Morgan fingerprint density at radius 3 is 2.96 bits per heavy atom. The van der Waals surface area contributed by atoms with Crippen LogP contribution in [0, 0.1) is 17.3 Å². The summed E-state index contributed by atoms with van der Waals surface area (Å²) in [6, 6.07) is 3.17. The van der Waals surface area contributed by atoms with Crippen LogP contribution in [0.15, 0.2) is 17.2 Å². The monoisotopic (exact) mass is 336 g/mol. The number of fused-ring (bicyclic) bond motifs is 1. The number of methoxy groups -OCH3 is 1. The smallest absolute Gasteiger partial charge is 0.244 e. The lowest BCUT2D eigenvalue weighted by atomic mass is 9.90. The number of hydrazone groups is 1. The summed E-state index contributed by atoms with van der Waals surface area (Å²) in [4.78, 5) is 12.3. The average Bonchev–Trinajstić information content (AvgIpc) is 3.16. The topological polar surface area (TPSA) is 70.9 Å². The van der Waals surface area contributed by atoms with Crippen LogP contribution in [0.4, 0.5) is 0 Å². The van der Waals surface area contributed by atoms with E-state index < -0.39 is 0 Å². The van der Waals surface area contributed by atoms with Crippen LogP contribution in [0.5, 0.6) is 11.5 Å². The number of phenolic OH excluding ortho intramolecular Hbond substituents is 1. The van der Waals surface area contributed by atoms with Crippen molar-refractivity contribution in [2.75, 3.05) is 7.11 Å². The molecule has 2 fully saturated rings. The Morgan fingerprint density at radius 1 is 1.52 bits per heavy atom. The maximum atomic E-state index is 12.3. The summed E-state index contributed by atoms with van der Waals surface area (Å²) in [5.74, 6) is 0.749. The molecule has 2 aliphatic rings. The molecule has 1 aromatic rings. The van der Waals surface area contributed by atoms with Gasteiger partial charge in [-0.1, -0.05) is 31.4 Å². The molecule has 2 N–H and O–H groups in total. The van der Waals surface area contributed by atoms with E-state index in [2.05, 4.69) is 17.5 Å². The number of rotatable bonds is 4. The first kappa shape index (κ1) is 16.1. The van der Waals surface area contributed by atoms with Gasteiger partial charge in [-0.3, -0.25) is 4.79 Å². The van der Waals surface area contributed by atoms with Gasteiger partial charge in [0.15, 0.2) is 11.5 Å². The fourth-order valence-electron chi connectivity index (χ4n) is 3.91. The molecule has 2 aliphatic carbocycles. The Morgan fingerprint density at radius 2 is 2.30 bits per heavy atom. The zero-order valence-corrected chi connectivity index (χ0v) is 14.1. The fourth-order valence-corrected chi connectivity index (χ4v) is 4.13. The Balaban J connectivity index is 1.63. The van der Waals surface area contributed by atoms with Crippen molar-refractivity contribution in [3.8, 4) is 11.5 Å². The molecule has 0 heterocycles. The van der Waals surface area contributed by atoms with Crippen molar-refractivity contribution in [2.24, 2.45) is 22.4 Å². The summed E-state index contributed by atoms with van der Waals surface area (Å²) >= 11 is 5.92. The minimum atomic E-state index is -0.106. The highest BCUT2D eigenvalue weighted by Crippen LogP contribution is 2.66. The molecule has 3 atom stereocenters. The number of ether oxygens (including phenoxy) is 1. The molecule has 0 spiro atoms. The van der Waals surface area contributed by atoms with E-state index in [4.69, 9.17) is 16.3 Å². The number of aromatic hydroxyl groups is 1. The number of halogens is 1. The first-order chi connectivity index (χ1) is 11.0. The molecule has 3 rings (SSSR count). The van der Waals surface area contributed by atoms with Crippen molar-refractivity contribution in [1.82, 2.24) is 5.43 Å². The lowest BCUT2D eigenvalue weighted by molar-refractivity contribution is -0.123. The molecule has 0 radical (unpaired) electrons. The summed E-state index contributed by atoms with van der Waals surface area (Å²) in [5.41, 5.74) is 3.44. The van der Waals surface area contributed by atoms with Crippen LogP contribution in [-0.2, 0) is 4.79 Å². The quantitative estimate of drug-likeness (QED) is 0.654. The summed E-state index contributed by atoms with van der Waals surface area (Å²) in [7, 11) is 1.45. The van der Waals surface area contributed by atoms with Gasteiger partial charge >= 0.3 is 0 Å².